The number of benzene rings is 4. The molecule has 0 fully saturated rings. The summed E-state index contributed by atoms with van der Waals surface area (Å²) >= 11 is 1.65. The van der Waals surface area contributed by atoms with Crippen LogP contribution in [0.1, 0.15) is 35.6 Å². The number of carbonyl (C=O) groups is 1. The van der Waals surface area contributed by atoms with E-state index >= 15 is 0 Å². The topological polar surface area (TPSA) is 123 Å². The van der Waals surface area contributed by atoms with E-state index in [9.17, 15) is 22.8 Å². The Hall–Kier alpha value is -5.20. The SMILES string of the molecule is CSc1ccc(/C=C2/C(C)=C(CC(=O)OCc3cccc(Oc4no[n+]([O-])c4S(=O)(=O)c4ccccc4)c3)c3cc(F)ccc32)cc1. The summed E-state index contributed by atoms with van der Waals surface area (Å²) in [6, 6.07) is 26.3. The molecule has 12 heteroatoms. The third-order valence-electron chi connectivity index (χ3n) is 7.57. The van der Waals surface area contributed by atoms with Crippen molar-refractivity contribution in [3.05, 3.63) is 136 Å². The molecule has 238 valence electrons. The van der Waals surface area contributed by atoms with Crippen molar-refractivity contribution < 1.29 is 36.6 Å². The maximum Gasteiger partial charge on any atom is 0.420 e. The normalized spacial score (nSPS) is 13.6. The molecule has 0 unspecified atom stereocenters. The van der Waals surface area contributed by atoms with E-state index in [1.807, 2.05) is 43.5 Å². The van der Waals surface area contributed by atoms with Gasteiger partial charge in [-0.05, 0) is 112 Å². The number of carbonyl (C=O) groups excluding carboxylic acids is 1. The third kappa shape index (κ3) is 6.69. The van der Waals surface area contributed by atoms with E-state index in [1.165, 1.54) is 48.5 Å². The molecule has 0 saturated carbocycles. The van der Waals surface area contributed by atoms with Crippen molar-refractivity contribution in [1.29, 1.82) is 0 Å². The van der Waals surface area contributed by atoms with Crippen LogP contribution < -0.4 is 9.64 Å². The van der Waals surface area contributed by atoms with Crippen LogP contribution in [0.25, 0.3) is 17.2 Å². The lowest BCUT2D eigenvalue weighted by Crippen LogP contribution is -2.30. The molecule has 0 radical (unpaired) electrons. The van der Waals surface area contributed by atoms with Gasteiger partial charge in [-0.25, -0.2) is 12.8 Å². The van der Waals surface area contributed by atoms with E-state index in [0.717, 1.165) is 27.2 Å². The first-order valence-corrected chi connectivity index (χ1v) is 17.0. The highest BCUT2D eigenvalue weighted by Gasteiger charge is 2.36. The summed E-state index contributed by atoms with van der Waals surface area (Å²) in [4.78, 5) is 13.9. The Morgan fingerprint density at radius 2 is 1.77 bits per heavy atom. The van der Waals surface area contributed by atoms with Crippen LogP contribution in [0.2, 0.25) is 0 Å². The van der Waals surface area contributed by atoms with Gasteiger partial charge in [-0.15, -0.1) is 11.8 Å². The molecule has 1 heterocycles. The van der Waals surface area contributed by atoms with E-state index in [2.05, 4.69) is 9.79 Å². The lowest BCUT2D eigenvalue weighted by Gasteiger charge is -2.09. The predicted molar refractivity (Wildman–Crippen MR) is 173 cm³/mol. The fourth-order valence-corrected chi connectivity index (χ4v) is 6.92. The van der Waals surface area contributed by atoms with Crippen LogP contribution in [0.5, 0.6) is 11.6 Å². The number of hydrogen-bond donors (Lipinski definition) is 0. The first-order chi connectivity index (χ1) is 22.6. The maximum absolute atomic E-state index is 14.3. The molecule has 0 N–H and O–H groups in total. The van der Waals surface area contributed by atoms with Crippen molar-refractivity contribution in [2.75, 3.05) is 6.26 Å². The van der Waals surface area contributed by atoms with Crippen LogP contribution in [0.3, 0.4) is 0 Å². The lowest BCUT2D eigenvalue weighted by molar-refractivity contribution is -0.832. The van der Waals surface area contributed by atoms with Crippen molar-refractivity contribution in [2.24, 2.45) is 0 Å². The highest BCUT2D eigenvalue weighted by atomic mass is 32.2. The van der Waals surface area contributed by atoms with E-state index in [-0.39, 0.29) is 28.6 Å². The van der Waals surface area contributed by atoms with Gasteiger partial charge in [-0.2, -0.15) is 0 Å². The number of rotatable bonds is 10. The number of nitrogens with zero attached hydrogens (tertiary/aromatic N) is 2. The average molecular weight is 671 g/mol. The van der Waals surface area contributed by atoms with Crippen molar-refractivity contribution >= 4 is 44.8 Å². The third-order valence-corrected chi connectivity index (χ3v) is 10.0. The number of allylic oxidation sites excluding steroid dienone is 2. The van der Waals surface area contributed by atoms with Crippen molar-refractivity contribution in [2.45, 2.75) is 34.8 Å². The van der Waals surface area contributed by atoms with Gasteiger partial charge in [0.05, 0.1) is 16.5 Å². The molecule has 47 heavy (non-hydrogen) atoms. The second-order valence-electron chi connectivity index (χ2n) is 10.6. The minimum absolute atomic E-state index is 0.0790. The molecule has 0 amide bonds. The predicted octanol–water partition coefficient (Wildman–Crippen LogP) is 7.26. The van der Waals surface area contributed by atoms with Gasteiger partial charge in [0.2, 0.25) is 0 Å². The van der Waals surface area contributed by atoms with E-state index in [4.69, 9.17) is 9.47 Å². The van der Waals surface area contributed by atoms with Gasteiger partial charge < -0.3 is 14.7 Å². The second kappa shape index (κ2) is 13.3. The minimum Gasteiger partial charge on any atom is -0.461 e. The van der Waals surface area contributed by atoms with Gasteiger partial charge in [-0.3, -0.25) is 9.42 Å². The molecule has 0 aliphatic heterocycles. The number of fused-ring (bicyclic) bond motifs is 1. The summed E-state index contributed by atoms with van der Waals surface area (Å²) in [5.41, 5.74) is 5.44. The number of esters is 1. The molecule has 0 saturated heterocycles. The van der Waals surface area contributed by atoms with Gasteiger partial charge in [0.1, 0.15) is 18.2 Å². The monoisotopic (exact) mass is 670 g/mol. The van der Waals surface area contributed by atoms with Gasteiger partial charge in [-0.1, -0.05) is 48.5 Å². The first-order valence-electron chi connectivity index (χ1n) is 14.3. The summed E-state index contributed by atoms with van der Waals surface area (Å²) in [5, 5.41) is 14.9. The fraction of sp³-hybridized carbons (Fsp3) is 0.114. The smallest absolute Gasteiger partial charge is 0.420 e. The zero-order valence-corrected chi connectivity index (χ0v) is 26.8. The molecule has 0 atom stereocenters. The highest BCUT2D eigenvalue weighted by Crippen LogP contribution is 2.44. The Morgan fingerprint density at radius 1 is 1.00 bits per heavy atom. The largest absolute Gasteiger partial charge is 0.461 e. The molecule has 0 bridgehead atoms. The molecule has 1 aliphatic rings. The second-order valence-corrected chi connectivity index (χ2v) is 13.3. The number of halogens is 1. The van der Waals surface area contributed by atoms with E-state index in [1.54, 1.807) is 36.0 Å². The van der Waals surface area contributed by atoms with Crippen LogP contribution in [-0.4, -0.2) is 25.8 Å². The fourth-order valence-electron chi connectivity index (χ4n) is 5.23. The Kier molecular flexibility index (Phi) is 8.97. The molecule has 5 aromatic rings. The molecule has 0 spiro atoms. The average Bonchev–Trinajstić information content (AvgIpc) is 3.56. The van der Waals surface area contributed by atoms with Crippen molar-refractivity contribution in [3.63, 3.8) is 0 Å². The van der Waals surface area contributed by atoms with Gasteiger partial charge >= 0.3 is 16.9 Å². The van der Waals surface area contributed by atoms with E-state index in [0.29, 0.717) is 16.7 Å². The number of thioether (sulfide) groups is 1. The van der Waals surface area contributed by atoms with Gasteiger partial charge in [0, 0.05) is 4.90 Å². The van der Waals surface area contributed by atoms with E-state index < -0.39 is 32.5 Å². The van der Waals surface area contributed by atoms with Crippen LogP contribution in [0.15, 0.2) is 122 Å². The molecule has 6 rings (SSSR count). The lowest BCUT2D eigenvalue weighted by atomic mass is 10.0. The molecule has 1 aliphatic carbocycles. The van der Waals surface area contributed by atoms with Gasteiger partial charge in [0.15, 0.2) is 0 Å². The number of aromatic nitrogens is 2. The number of ether oxygens (including phenoxy) is 2. The Balaban J connectivity index is 1.17. The van der Waals surface area contributed by atoms with Crippen LogP contribution in [-0.2, 0) is 26.0 Å². The molecule has 1 aromatic heterocycles. The standard InChI is InChI=1S/C35H27FN2O7S2/c1-22-30(18-23-11-14-27(46-2)15-12-23)29-16-13-25(36)19-32(29)31(22)20-33(39)43-21-24-7-6-8-26(17-24)44-34-35(38(40)45-37-34)47(41,42)28-9-4-3-5-10-28/h3-19H,20-21H2,1-2H3/b30-18-. The zero-order valence-electron chi connectivity index (χ0n) is 25.2. The minimum atomic E-state index is -4.31. The summed E-state index contributed by atoms with van der Waals surface area (Å²) in [7, 11) is -4.31. The van der Waals surface area contributed by atoms with Crippen molar-refractivity contribution in [3.8, 4) is 11.6 Å². The summed E-state index contributed by atoms with van der Waals surface area (Å²) in [5.74, 6) is -1.33. The summed E-state index contributed by atoms with van der Waals surface area (Å²) < 4.78 is 56.3. The Morgan fingerprint density at radius 3 is 2.51 bits per heavy atom. The van der Waals surface area contributed by atoms with Gasteiger partial charge in [0.25, 0.3) is 9.84 Å². The van der Waals surface area contributed by atoms with Crippen LogP contribution in [0, 0.1) is 11.0 Å². The first kappa shape index (κ1) is 31.8. The highest BCUT2D eigenvalue weighted by molar-refractivity contribution is 7.98. The summed E-state index contributed by atoms with van der Waals surface area (Å²) in [6.07, 6.45) is 3.96. The number of sulfone groups is 1. The van der Waals surface area contributed by atoms with Crippen LogP contribution >= 0.6 is 11.8 Å². The van der Waals surface area contributed by atoms with Crippen molar-refractivity contribution in [1.82, 2.24) is 5.16 Å². The maximum atomic E-state index is 14.3. The zero-order chi connectivity index (χ0) is 33.1. The quantitative estimate of drug-likeness (QED) is 0.0859. The number of hydrogen-bond acceptors (Lipinski definition) is 9. The summed E-state index contributed by atoms with van der Waals surface area (Å²) in [6.45, 7) is 1.78. The Bertz CT molecular complexity index is 2140. The molecular formula is C35H27FN2O7S2. The van der Waals surface area contributed by atoms with Crippen LogP contribution in [0.4, 0.5) is 4.39 Å². The Labute approximate surface area is 274 Å². The molecular weight excluding hydrogens is 644 g/mol. The molecule has 4 aromatic carbocycles. The molecule has 9 nitrogen and oxygen atoms in total.